The molecule has 0 unspecified atom stereocenters. The van der Waals surface area contributed by atoms with Crippen LogP contribution in [0.15, 0.2) is 54.7 Å². The van der Waals surface area contributed by atoms with Crippen LogP contribution >= 0.6 is 0 Å². The molecule has 2 N–H and O–H groups in total. The molecule has 0 fully saturated rings. The average molecular weight is 391 g/mol. The molecular formula is C23H25N3O3. The zero-order valence-corrected chi connectivity index (χ0v) is 17.1. The van der Waals surface area contributed by atoms with E-state index in [2.05, 4.69) is 15.6 Å². The smallest absolute Gasteiger partial charge is 0.257 e. The van der Waals surface area contributed by atoms with Gasteiger partial charge in [0.1, 0.15) is 5.82 Å². The van der Waals surface area contributed by atoms with Crippen molar-refractivity contribution in [3.05, 3.63) is 77.0 Å². The van der Waals surface area contributed by atoms with Crippen molar-refractivity contribution in [2.24, 2.45) is 0 Å². The van der Waals surface area contributed by atoms with Gasteiger partial charge in [-0.05, 0) is 66.9 Å². The number of hydrogen-bond acceptors (Lipinski definition) is 5. The summed E-state index contributed by atoms with van der Waals surface area (Å²) in [5, 5.41) is 6.14. The van der Waals surface area contributed by atoms with Crippen LogP contribution < -0.4 is 20.1 Å². The fourth-order valence-corrected chi connectivity index (χ4v) is 2.84. The van der Waals surface area contributed by atoms with Crippen molar-refractivity contribution in [2.45, 2.75) is 20.4 Å². The monoisotopic (exact) mass is 391 g/mol. The first-order valence-corrected chi connectivity index (χ1v) is 9.29. The first kappa shape index (κ1) is 20.2. The number of methoxy groups -OCH3 is 2. The van der Waals surface area contributed by atoms with E-state index < -0.39 is 0 Å². The summed E-state index contributed by atoms with van der Waals surface area (Å²) in [6.45, 7) is 4.63. The van der Waals surface area contributed by atoms with Crippen molar-refractivity contribution in [1.29, 1.82) is 0 Å². The Balaban J connectivity index is 1.61. The molecule has 0 atom stereocenters. The van der Waals surface area contributed by atoms with E-state index in [1.807, 2.05) is 50.2 Å². The quantitative estimate of drug-likeness (QED) is 0.617. The Morgan fingerprint density at radius 1 is 0.931 bits per heavy atom. The Bertz CT molecular complexity index is 1000. The number of carbonyl (C=O) groups excluding carboxylic acids is 1. The van der Waals surface area contributed by atoms with Crippen molar-refractivity contribution in [2.75, 3.05) is 24.9 Å². The minimum atomic E-state index is -0.188. The Morgan fingerprint density at radius 2 is 1.72 bits per heavy atom. The zero-order chi connectivity index (χ0) is 20.8. The summed E-state index contributed by atoms with van der Waals surface area (Å²) in [6.07, 6.45) is 1.56. The standard InChI is InChI=1S/C23H25N3O3/c1-15-5-8-19(11-16(15)2)26-23(27)18-7-10-22(25-14-18)24-13-17-6-9-20(28-3)21(12-17)29-4/h5-12,14H,13H2,1-4H3,(H,24,25)(H,26,27). The van der Waals surface area contributed by atoms with Gasteiger partial charge in [-0.3, -0.25) is 4.79 Å². The second-order valence-corrected chi connectivity index (χ2v) is 6.73. The third kappa shape index (κ3) is 5.04. The molecule has 0 aliphatic rings. The van der Waals surface area contributed by atoms with Gasteiger partial charge in [0.2, 0.25) is 0 Å². The fourth-order valence-electron chi connectivity index (χ4n) is 2.84. The Kier molecular flexibility index (Phi) is 6.34. The summed E-state index contributed by atoms with van der Waals surface area (Å²) in [4.78, 5) is 16.8. The molecular weight excluding hydrogens is 366 g/mol. The Morgan fingerprint density at radius 3 is 2.38 bits per heavy atom. The van der Waals surface area contributed by atoms with Gasteiger partial charge in [0.25, 0.3) is 5.91 Å². The maximum absolute atomic E-state index is 12.4. The zero-order valence-electron chi connectivity index (χ0n) is 17.1. The minimum Gasteiger partial charge on any atom is -0.493 e. The highest BCUT2D eigenvalue weighted by Crippen LogP contribution is 2.27. The van der Waals surface area contributed by atoms with E-state index in [4.69, 9.17) is 9.47 Å². The highest BCUT2D eigenvalue weighted by atomic mass is 16.5. The molecule has 6 nitrogen and oxygen atoms in total. The molecule has 0 spiro atoms. The molecule has 1 aromatic heterocycles. The minimum absolute atomic E-state index is 0.188. The van der Waals surface area contributed by atoms with Gasteiger partial charge >= 0.3 is 0 Å². The van der Waals surface area contributed by atoms with E-state index in [-0.39, 0.29) is 5.91 Å². The number of nitrogens with zero attached hydrogens (tertiary/aromatic N) is 1. The summed E-state index contributed by atoms with van der Waals surface area (Å²) < 4.78 is 10.6. The Labute approximate surface area is 170 Å². The lowest BCUT2D eigenvalue weighted by Crippen LogP contribution is -2.12. The van der Waals surface area contributed by atoms with Gasteiger partial charge in [-0.15, -0.1) is 0 Å². The summed E-state index contributed by atoms with van der Waals surface area (Å²) in [7, 11) is 3.22. The predicted octanol–water partition coefficient (Wildman–Crippen LogP) is 4.58. The second-order valence-electron chi connectivity index (χ2n) is 6.73. The van der Waals surface area contributed by atoms with E-state index in [0.717, 1.165) is 16.8 Å². The van der Waals surface area contributed by atoms with Crippen LogP contribution in [0.1, 0.15) is 27.0 Å². The number of amides is 1. The lowest BCUT2D eigenvalue weighted by Gasteiger charge is -2.11. The van der Waals surface area contributed by atoms with Gasteiger partial charge in [-0.25, -0.2) is 4.98 Å². The third-order valence-electron chi connectivity index (χ3n) is 4.71. The van der Waals surface area contributed by atoms with E-state index in [1.54, 1.807) is 32.5 Å². The van der Waals surface area contributed by atoms with Gasteiger partial charge < -0.3 is 20.1 Å². The molecule has 2 aromatic carbocycles. The molecule has 6 heteroatoms. The first-order valence-electron chi connectivity index (χ1n) is 9.29. The number of anilines is 2. The largest absolute Gasteiger partial charge is 0.493 e. The molecule has 0 aliphatic carbocycles. The van der Waals surface area contributed by atoms with Crippen molar-refractivity contribution >= 4 is 17.4 Å². The van der Waals surface area contributed by atoms with Crippen LogP contribution in [0.5, 0.6) is 11.5 Å². The molecule has 150 valence electrons. The first-order chi connectivity index (χ1) is 14.0. The lowest BCUT2D eigenvalue weighted by atomic mass is 10.1. The maximum atomic E-state index is 12.4. The highest BCUT2D eigenvalue weighted by molar-refractivity contribution is 6.04. The highest BCUT2D eigenvalue weighted by Gasteiger charge is 2.08. The second kappa shape index (κ2) is 9.10. The van der Waals surface area contributed by atoms with E-state index in [1.165, 1.54) is 5.56 Å². The number of aryl methyl sites for hydroxylation is 2. The van der Waals surface area contributed by atoms with Gasteiger partial charge in [-0.2, -0.15) is 0 Å². The van der Waals surface area contributed by atoms with Gasteiger partial charge in [0.15, 0.2) is 11.5 Å². The molecule has 1 heterocycles. The fraction of sp³-hybridized carbons (Fsp3) is 0.217. The number of rotatable bonds is 7. The number of nitrogens with one attached hydrogen (secondary N) is 2. The van der Waals surface area contributed by atoms with Crippen LogP contribution in [0.25, 0.3) is 0 Å². The number of aromatic nitrogens is 1. The van der Waals surface area contributed by atoms with E-state index >= 15 is 0 Å². The molecule has 29 heavy (non-hydrogen) atoms. The molecule has 0 saturated heterocycles. The van der Waals surface area contributed by atoms with Gasteiger partial charge in [0.05, 0.1) is 19.8 Å². The SMILES string of the molecule is COc1ccc(CNc2ccc(C(=O)Nc3ccc(C)c(C)c3)cn2)cc1OC. The number of ether oxygens (including phenoxy) is 2. The normalized spacial score (nSPS) is 10.3. The average Bonchev–Trinajstić information content (AvgIpc) is 2.75. The van der Waals surface area contributed by atoms with E-state index in [9.17, 15) is 4.79 Å². The van der Waals surface area contributed by atoms with Crippen molar-refractivity contribution in [3.63, 3.8) is 0 Å². The van der Waals surface area contributed by atoms with Gasteiger partial charge in [0, 0.05) is 18.4 Å². The number of hydrogen-bond donors (Lipinski definition) is 2. The summed E-state index contributed by atoms with van der Waals surface area (Å²) in [5.41, 5.74) is 4.62. The summed E-state index contributed by atoms with van der Waals surface area (Å²) in [6, 6.07) is 15.1. The van der Waals surface area contributed by atoms with Crippen molar-refractivity contribution in [1.82, 2.24) is 4.98 Å². The summed E-state index contributed by atoms with van der Waals surface area (Å²) >= 11 is 0. The van der Waals surface area contributed by atoms with Crippen LogP contribution in [0, 0.1) is 13.8 Å². The van der Waals surface area contributed by atoms with Crippen LogP contribution in [0.4, 0.5) is 11.5 Å². The van der Waals surface area contributed by atoms with Crippen LogP contribution in [0.3, 0.4) is 0 Å². The number of pyridine rings is 1. The van der Waals surface area contributed by atoms with Crippen LogP contribution in [0.2, 0.25) is 0 Å². The molecule has 1 amide bonds. The predicted molar refractivity (Wildman–Crippen MR) is 115 cm³/mol. The molecule has 0 bridgehead atoms. The van der Waals surface area contributed by atoms with Crippen molar-refractivity contribution in [3.8, 4) is 11.5 Å². The lowest BCUT2D eigenvalue weighted by molar-refractivity contribution is 0.102. The number of benzene rings is 2. The number of carbonyl (C=O) groups is 1. The molecule has 0 radical (unpaired) electrons. The molecule has 3 rings (SSSR count). The molecule has 3 aromatic rings. The van der Waals surface area contributed by atoms with Crippen LogP contribution in [-0.4, -0.2) is 25.1 Å². The van der Waals surface area contributed by atoms with Gasteiger partial charge in [-0.1, -0.05) is 12.1 Å². The van der Waals surface area contributed by atoms with Crippen LogP contribution in [-0.2, 0) is 6.54 Å². The van der Waals surface area contributed by atoms with E-state index in [0.29, 0.717) is 29.4 Å². The molecule has 0 aliphatic heterocycles. The molecule has 0 saturated carbocycles. The summed E-state index contributed by atoms with van der Waals surface area (Å²) in [5.74, 6) is 1.86. The van der Waals surface area contributed by atoms with Crippen molar-refractivity contribution < 1.29 is 14.3 Å². The maximum Gasteiger partial charge on any atom is 0.257 e. The Hall–Kier alpha value is -3.54. The third-order valence-corrected chi connectivity index (χ3v) is 4.71. The topological polar surface area (TPSA) is 72.5 Å².